The zero-order valence-electron chi connectivity index (χ0n) is 13.6. The maximum Gasteiger partial charge on any atom is 0.123 e. The van der Waals surface area contributed by atoms with Gasteiger partial charge >= 0.3 is 0 Å². The van der Waals surface area contributed by atoms with Crippen molar-refractivity contribution in [3.8, 4) is 0 Å². The van der Waals surface area contributed by atoms with Gasteiger partial charge in [0.15, 0.2) is 0 Å². The lowest BCUT2D eigenvalue weighted by atomic mass is 9.97. The molecule has 0 spiro atoms. The smallest absolute Gasteiger partial charge is 0.123 e. The van der Waals surface area contributed by atoms with Gasteiger partial charge in [-0.1, -0.05) is 60.5 Å². The summed E-state index contributed by atoms with van der Waals surface area (Å²) in [5.41, 5.74) is 2.27. The lowest BCUT2D eigenvalue weighted by Crippen LogP contribution is -1.95. The molecule has 0 aromatic heterocycles. The molecule has 19 heavy (non-hydrogen) atoms. The third-order valence-electron chi connectivity index (χ3n) is 3.14. The number of unbranched alkanes of at least 4 members (excludes halogenated alkanes) is 1. The van der Waals surface area contributed by atoms with Crippen LogP contribution in [0.15, 0.2) is 18.2 Å². The molecule has 1 rings (SSSR count). The molecule has 0 N–H and O–H groups in total. The third-order valence-corrected chi connectivity index (χ3v) is 3.14. The summed E-state index contributed by atoms with van der Waals surface area (Å²) in [5, 5.41) is 0. The van der Waals surface area contributed by atoms with Gasteiger partial charge in [-0.05, 0) is 47.9 Å². The van der Waals surface area contributed by atoms with Gasteiger partial charge in [0.25, 0.3) is 0 Å². The predicted octanol–water partition coefficient (Wildman–Crippen LogP) is 6.34. The highest BCUT2D eigenvalue weighted by Gasteiger charge is 2.04. The van der Waals surface area contributed by atoms with Crippen LogP contribution < -0.4 is 0 Å². The fourth-order valence-electron chi connectivity index (χ4n) is 2.03. The van der Waals surface area contributed by atoms with Crippen LogP contribution in [0.1, 0.15) is 77.8 Å². The molecule has 0 nitrogen and oxygen atoms in total. The SMILES string of the molecule is CC.CC(C)CCCCc1cc(F)cc(C(C)C)c1. The Balaban J connectivity index is 0.00000154. The fraction of sp³-hybridized carbons (Fsp3) is 0.667. The average molecular weight is 266 g/mol. The Morgan fingerprint density at radius 3 is 2.11 bits per heavy atom. The van der Waals surface area contributed by atoms with E-state index in [0.29, 0.717) is 5.92 Å². The minimum absolute atomic E-state index is 0.0879. The Bertz CT molecular complexity index is 340. The zero-order valence-corrected chi connectivity index (χ0v) is 13.6. The quantitative estimate of drug-likeness (QED) is 0.527. The Hall–Kier alpha value is -0.850. The van der Waals surface area contributed by atoms with Crippen molar-refractivity contribution in [3.63, 3.8) is 0 Å². The zero-order chi connectivity index (χ0) is 14.8. The molecule has 0 aliphatic rings. The van der Waals surface area contributed by atoms with Crippen LogP contribution in [0.3, 0.4) is 0 Å². The molecule has 0 aliphatic carbocycles. The van der Waals surface area contributed by atoms with Gasteiger partial charge < -0.3 is 0 Å². The highest BCUT2D eigenvalue weighted by Crippen LogP contribution is 2.19. The lowest BCUT2D eigenvalue weighted by Gasteiger charge is -2.09. The first kappa shape index (κ1) is 18.1. The van der Waals surface area contributed by atoms with Crippen molar-refractivity contribution in [3.05, 3.63) is 35.1 Å². The molecule has 0 radical (unpaired) electrons. The van der Waals surface area contributed by atoms with E-state index < -0.39 is 0 Å². The summed E-state index contributed by atoms with van der Waals surface area (Å²) in [6.07, 6.45) is 4.68. The molecule has 0 aliphatic heterocycles. The molecular weight excluding hydrogens is 235 g/mol. The Morgan fingerprint density at radius 1 is 0.947 bits per heavy atom. The van der Waals surface area contributed by atoms with E-state index >= 15 is 0 Å². The van der Waals surface area contributed by atoms with E-state index in [9.17, 15) is 4.39 Å². The van der Waals surface area contributed by atoms with Crippen LogP contribution in [0.2, 0.25) is 0 Å². The molecule has 0 saturated heterocycles. The Labute approximate surface area is 119 Å². The summed E-state index contributed by atoms with van der Waals surface area (Å²) >= 11 is 0. The molecule has 0 atom stereocenters. The van der Waals surface area contributed by atoms with Crippen molar-refractivity contribution in [2.45, 2.75) is 73.1 Å². The summed E-state index contributed by atoms with van der Waals surface area (Å²) in [6.45, 7) is 12.7. The minimum atomic E-state index is -0.0879. The molecule has 1 aromatic rings. The van der Waals surface area contributed by atoms with Crippen molar-refractivity contribution in [1.29, 1.82) is 0 Å². The van der Waals surface area contributed by atoms with Gasteiger partial charge in [0.1, 0.15) is 5.82 Å². The van der Waals surface area contributed by atoms with Crippen molar-refractivity contribution < 1.29 is 4.39 Å². The molecule has 110 valence electrons. The van der Waals surface area contributed by atoms with Gasteiger partial charge in [-0.15, -0.1) is 0 Å². The van der Waals surface area contributed by atoms with E-state index in [1.54, 1.807) is 12.1 Å². The molecule has 0 unspecified atom stereocenters. The van der Waals surface area contributed by atoms with E-state index in [0.717, 1.165) is 23.5 Å². The number of hydrogen-bond acceptors (Lipinski definition) is 0. The maximum atomic E-state index is 13.4. The highest BCUT2D eigenvalue weighted by molar-refractivity contribution is 5.26. The second-order valence-corrected chi connectivity index (χ2v) is 5.69. The first-order valence-corrected chi connectivity index (χ1v) is 7.78. The molecule has 1 aromatic carbocycles. The van der Waals surface area contributed by atoms with Crippen LogP contribution in [0.4, 0.5) is 4.39 Å². The summed E-state index contributed by atoms with van der Waals surface area (Å²) < 4.78 is 13.4. The van der Waals surface area contributed by atoms with E-state index in [1.807, 2.05) is 13.8 Å². The number of rotatable bonds is 6. The normalized spacial score (nSPS) is 10.6. The summed E-state index contributed by atoms with van der Waals surface area (Å²) in [7, 11) is 0. The maximum absolute atomic E-state index is 13.4. The lowest BCUT2D eigenvalue weighted by molar-refractivity contribution is 0.537. The first-order chi connectivity index (χ1) is 8.99. The Morgan fingerprint density at radius 2 is 1.58 bits per heavy atom. The van der Waals surface area contributed by atoms with E-state index in [1.165, 1.54) is 19.3 Å². The monoisotopic (exact) mass is 266 g/mol. The largest absolute Gasteiger partial charge is 0.207 e. The minimum Gasteiger partial charge on any atom is -0.207 e. The van der Waals surface area contributed by atoms with Crippen molar-refractivity contribution in [1.82, 2.24) is 0 Å². The standard InChI is InChI=1S/C16H25F.C2H6/c1-12(2)7-5-6-8-14-9-15(13(3)4)11-16(17)10-14;1-2/h9-13H,5-8H2,1-4H3;1-2H3. The molecular formula is C18H31F. The fourth-order valence-corrected chi connectivity index (χ4v) is 2.03. The summed E-state index contributed by atoms with van der Waals surface area (Å²) in [6, 6.07) is 5.49. The van der Waals surface area contributed by atoms with Gasteiger partial charge in [0, 0.05) is 0 Å². The summed E-state index contributed by atoms with van der Waals surface area (Å²) in [4.78, 5) is 0. The number of hydrogen-bond donors (Lipinski definition) is 0. The van der Waals surface area contributed by atoms with Crippen molar-refractivity contribution in [2.75, 3.05) is 0 Å². The van der Waals surface area contributed by atoms with Gasteiger partial charge in [0.05, 0.1) is 0 Å². The molecule has 0 amide bonds. The average Bonchev–Trinajstić information content (AvgIpc) is 2.36. The van der Waals surface area contributed by atoms with E-state index in [-0.39, 0.29) is 5.82 Å². The first-order valence-electron chi connectivity index (χ1n) is 7.78. The third kappa shape index (κ3) is 8.02. The van der Waals surface area contributed by atoms with Crippen LogP contribution in [0, 0.1) is 11.7 Å². The van der Waals surface area contributed by atoms with Crippen LogP contribution in [-0.2, 0) is 6.42 Å². The second kappa shape index (κ2) is 10.00. The number of halogens is 1. The van der Waals surface area contributed by atoms with Crippen molar-refractivity contribution in [2.24, 2.45) is 5.92 Å². The molecule has 0 saturated carbocycles. The van der Waals surface area contributed by atoms with E-state index in [4.69, 9.17) is 0 Å². The molecule has 1 heteroatoms. The van der Waals surface area contributed by atoms with Gasteiger partial charge in [0.2, 0.25) is 0 Å². The topological polar surface area (TPSA) is 0 Å². The van der Waals surface area contributed by atoms with Crippen LogP contribution >= 0.6 is 0 Å². The molecule has 0 bridgehead atoms. The van der Waals surface area contributed by atoms with Crippen LogP contribution in [0.25, 0.3) is 0 Å². The predicted molar refractivity (Wildman–Crippen MR) is 84.2 cm³/mol. The highest BCUT2D eigenvalue weighted by atomic mass is 19.1. The van der Waals surface area contributed by atoms with Gasteiger partial charge in [-0.2, -0.15) is 0 Å². The number of aryl methyl sites for hydroxylation is 1. The summed E-state index contributed by atoms with van der Waals surface area (Å²) in [5.74, 6) is 1.09. The van der Waals surface area contributed by atoms with Gasteiger partial charge in [-0.25, -0.2) is 4.39 Å². The van der Waals surface area contributed by atoms with Crippen LogP contribution in [-0.4, -0.2) is 0 Å². The molecule has 0 fully saturated rings. The van der Waals surface area contributed by atoms with Gasteiger partial charge in [-0.3, -0.25) is 0 Å². The van der Waals surface area contributed by atoms with Crippen molar-refractivity contribution >= 4 is 0 Å². The van der Waals surface area contributed by atoms with E-state index in [2.05, 4.69) is 33.8 Å². The number of benzene rings is 1. The molecule has 0 heterocycles. The second-order valence-electron chi connectivity index (χ2n) is 5.69. The Kier molecular flexibility index (Phi) is 9.55. The van der Waals surface area contributed by atoms with Crippen LogP contribution in [0.5, 0.6) is 0 Å².